The van der Waals surface area contributed by atoms with Gasteiger partial charge in [0, 0.05) is 0 Å². The van der Waals surface area contributed by atoms with E-state index in [0.717, 1.165) is 4.57 Å². The molecule has 2 aromatic rings. The Morgan fingerprint density at radius 2 is 2.13 bits per heavy atom. The average Bonchev–Trinajstić information content (AvgIpc) is 3.24. The van der Waals surface area contributed by atoms with Gasteiger partial charge in [-0.1, -0.05) is 16.3 Å². The molecule has 2 rings (SSSR count). The van der Waals surface area contributed by atoms with Crippen molar-refractivity contribution in [2.75, 3.05) is 5.32 Å². The molecule has 0 aliphatic heterocycles. The second kappa shape index (κ2) is 9.76. The van der Waals surface area contributed by atoms with Crippen molar-refractivity contribution in [2.45, 2.75) is 58.7 Å². The van der Waals surface area contributed by atoms with Crippen molar-refractivity contribution < 1.29 is 23.2 Å². The van der Waals surface area contributed by atoms with Crippen LogP contribution in [0.5, 0.6) is 0 Å². The molecule has 2 heterocycles. The number of alkyl carbamates (subject to hydrolysis) is 1. The number of carbonyl (C=O) groups is 2. The minimum Gasteiger partial charge on any atom is -0.444 e. The lowest BCUT2D eigenvalue weighted by molar-refractivity contribution is -0.118. The summed E-state index contributed by atoms with van der Waals surface area (Å²) in [7, 11) is 0. The topological polar surface area (TPSA) is 170 Å². The maximum absolute atomic E-state index is 14.2. The zero-order chi connectivity index (χ0) is 22.3. The van der Waals surface area contributed by atoms with Crippen molar-refractivity contribution in [2.24, 2.45) is 0 Å². The lowest BCUT2D eigenvalue weighted by Crippen LogP contribution is -2.45. The monoisotopic (exact) mass is 426 g/mol. The third kappa shape index (κ3) is 7.10. The summed E-state index contributed by atoms with van der Waals surface area (Å²) in [6, 6.07) is -1.07. The van der Waals surface area contributed by atoms with Crippen molar-refractivity contribution in [3.63, 3.8) is 0 Å². The lowest BCUT2D eigenvalue weighted by Gasteiger charge is -2.22. The molecule has 0 saturated heterocycles. The number of aryl methyl sites for hydroxylation is 1. The first-order valence-electron chi connectivity index (χ1n) is 8.96. The number of nitrogens with one attached hydrogen (secondary N) is 3. The molecule has 1 atom stereocenters. The summed E-state index contributed by atoms with van der Waals surface area (Å²) in [6.45, 7) is 6.17. The number of aromatic nitrogens is 6. The summed E-state index contributed by atoms with van der Waals surface area (Å²) >= 11 is 0. The maximum atomic E-state index is 14.2. The zero-order valence-corrected chi connectivity index (χ0v) is 16.9. The molecule has 0 fully saturated rings. The number of tetrazole rings is 1. The molecule has 13 nitrogen and oxygen atoms in total. The zero-order valence-electron chi connectivity index (χ0n) is 16.9. The minimum atomic E-state index is -1.07. The summed E-state index contributed by atoms with van der Waals surface area (Å²) < 4.78 is 24.8. The van der Waals surface area contributed by atoms with Crippen LogP contribution in [-0.2, 0) is 16.1 Å². The van der Waals surface area contributed by atoms with Crippen LogP contribution < -0.4 is 16.4 Å². The van der Waals surface area contributed by atoms with E-state index in [1.54, 1.807) is 20.8 Å². The summed E-state index contributed by atoms with van der Waals surface area (Å²) in [5, 5.41) is 20.9. The Labute approximate surface area is 170 Å². The molecular weight excluding hydrogens is 403 g/mol. The van der Waals surface area contributed by atoms with Crippen LogP contribution in [0.3, 0.4) is 0 Å². The predicted octanol–water partition coefficient (Wildman–Crippen LogP) is 0.823. The summed E-state index contributed by atoms with van der Waals surface area (Å²) in [4.78, 5) is 35.9. The first-order chi connectivity index (χ1) is 14.0. The first kappa shape index (κ1) is 22.7. The Morgan fingerprint density at radius 1 is 1.40 bits per heavy atom. The van der Waals surface area contributed by atoms with Gasteiger partial charge in [-0.3, -0.25) is 19.2 Å². The van der Waals surface area contributed by atoms with Gasteiger partial charge in [0.05, 0.1) is 6.54 Å². The Kier molecular flexibility index (Phi) is 7.38. The van der Waals surface area contributed by atoms with Gasteiger partial charge < -0.3 is 10.1 Å². The molecule has 30 heavy (non-hydrogen) atoms. The van der Waals surface area contributed by atoms with Crippen molar-refractivity contribution in [3.8, 4) is 0 Å². The molecule has 2 amide bonds. The van der Waals surface area contributed by atoms with E-state index in [-0.39, 0.29) is 31.2 Å². The lowest BCUT2D eigenvalue weighted by atomic mass is 10.1. The number of rotatable bonds is 8. The SMILES string of the molecule is Cc1noc(=O)n1C/C(F)=C\CC[C@H](NC(=O)OC(C)(C)C)C(=O)Nc1nn[nH]n1. The van der Waals surface area contributed by atoms with E-state index in [2.05, 4.69) is 40.9 Å². The molecule has 0 unspecified atom stereocenters. The highest BCUT2D eigenvalue weighted by Crippen LogP contribution is 2.10. The maximum Gasteiger partial charge on any atom is 0.441 e. The molecule has 14 heteroatoms. The fourth-order valence-electron chi connectivity index (χ4n) is 2.27. The van der Waals surface area contributed by atoms with E-state index in [1.165, 1.54) is 13.0 Å². The van der Waals surface area contributed by atoms with Gasteiger partial charge in [0.25, 0.3) is 5.95 Å². The van der Waals surface area contributed by atoms with Gasteiger partial charge in [-0.05, 0) is 45.7 Å². The first-order valence-corrected chi connectivity index (χ1v) is 8.96. The number of ether oxygens (including phenoxy) is 1. The molecule has 2 aromatic heterocycles. The number of halogens is 1. The molecule has 0 spiro atoms. The number of nitrogens with zero attached hydrogens (tertiary/aromatic N) is 5. The predicted molar refractivity (Wildman–Crippen MR) is 99.9 cm³/mol. The van der Waals surface area contributed by atoms with Gasteiger partial charge in [-0.25, -0.2) is 14.0 Å². The van der Waals surface area contributed by atoms with E-state index in [0.29, 0.717) is 0 Å². The van der Waals surface area contributed by atoms with Gasteiger partial charge in [0.15, 0.2) is 5.82 Å². The Morgan fingerprint density at radius 3 is 2.70 bits per heavy atom. The normalized spacial score (nSPS) is 13.0. The van der Waals surface area contributed by atoms with E-state index >= 15 is 0 Å². The molecule has 0 aromatic carbocycles. The third-order valence-electron chi connectivity index (χ3n) is 3.58. The van der Waals surface area contributed by atoms with Crippen molar-refractivity contribution in [1.29, 1.82) is 0 Å². The fraction of sp³-hybridized carbons (Fsp3) is 0.562. The molecule has 0 aliphatic carbocycles. The van der Waals surface area contributed by atoms with Crippen molar-refractivity contribution in [1.82, 2.24) is 35.7 Å². The van der Waals surface area contributed by atoms with Crippen LogP contribution >= 0.6 is 0 Å². The quantitative estimate of drug-likeness (QED) is 0.553. The molecule has 0 radical (unpaired) electrons. The van der Waals surface area contributed by atoms with Crippen LogP contribution in [0.25, 0.3) is 0 Å². The van der Waals surface area contributed by atoms with E-state index in [1.807, 2.05) is 0 Å². The van der Waals surface area contributed by atoms with Crippen molar-refractivity contribution >= 4 is 17.9 Å². The smallest absolute Gasteiger partial charge is 0.441 e. The highest BCUT2D eigenvalue weighted by molar-refractivity contribution is 5.95. The number of carbonyl (C=O) groups excluding carboxylic acids is 2. The number of amides is 2. The number of aromatic amines is 1. The van der Waals surface area contributed by atoms with Gasteiger partial charge in [-0.2, -0.15) is 5.21 Å². The van der Waals surface area contributed by atoms with E-state index in [4.69, 9.17) is 4.74 Å². The van der Waals surface area contributed by atoms with Crippen LogP contribution in [-0.4, -0.2) is 54.0 Å². The van der Waals surface area contributed by atoms with Gasteiger partial charge >= 0.3 is 11.8 Å². The van der Waals surface area contributed by atoms with E-state index < -0.39 is 35.2 Å². The van der Waals surface area contributed by atoms with Crippen LogP contribution in [0.15, 0.2) is 21.2 Å². The minimum absolute atomic E-state index is 0.0356. The van der Waals surface area contributed by atoms with Gasteiger partial charge in [-0.15, -0.1) is 5.10 Å². The van der Waals surface area contributed by atoms with Crippen LogP contribution in [0, 0.1) is 6.92 Å². The molecule has 3 N–H and O–H groups in total. The number of allylic oxidation sites excluding steroid dienone is 2. The van der Waals surface area contributed by atoms with Crippen LogP contribution in [0.2, 0.25) is 0 Å². The van der Waals surface area contributed by atoms with Gasteiger partial charge in [0.2, 0.25) is 5.91 Å². The molecule has 164 valence electrons. The molecule has 0 bridgehead atoms. The highest BCUT2D eigenvalue weighted by Gasteiger charge is 2.25. The highest BCUT2D eigenvalue weighted by atomic mass is 19.1. The second-order valence-corrected chi connectivity index (χ2v) is 7.23. The summed E-state index contributed by atoms with van der Waals surface area (Å²) in [5.74, 6) is -1.90. The van der Waals surface area contributed by atoms with Crippen molar-refractivity contribution in [3.05, 3.63) is 28.3 Å². The molecular formula is C16H23FN8O5. The fourth-order valence-corrected chi connectivity index (χ4v) is 2.27. The third-order valence-corrected chi connectivity index (χ3v) is 3.58. The van der Waals surface area contributed by atoms with Gasteiger partial charge in [0.1, 0.15) is 17.5 Å². The molecule has 0 aliphatic rings. The Hall–Kier alpha value is -3.58. The standard InChI is InChI=1S/C16H23FN8O5/c1-9-22-30-15(28)25(9)8-10(17)6-5-7-11(18-14(27)29-16(2,3)4)12(26)19-13-20-23-24-21-13/h6,11H,5,7-8H2,1-4H3,(H,18,27)(H2,19,20,21,23,24,26)/b10-6+/t11-/m0/s1. The number of hydrogen-bond acceptors (Lipinski definition) is 9. The Balaban J connectivity index is 2.01. The van der Waals surface area contributed by atoms with Crippen LogP contribution in [0.1, 0.15) is 39.4 Å². The number of hydrogen-bond donors (Lipinski definition) is 3. The second-order valence-electron chi connectivity index (χ2n) is 7.23. The van der Waals surface area contributed by atoms with E-state index in [9.17, 15) is 18.8 Å². The number of anilines is 1. The summed E-state index contributed by atoms with van der Waals surface area (Å²) in [6.07, 6.45) is 0.496. The largest absolute Gasteiger partial charge is 0.444 e. The van der Waals surface area contributed by atoms with Crippen LogP contribution in [0.4, 0.5) is 15.1 Å². The average molecular weight is 426 g/mol. The Bertz CT molecular complexity index is 944. The molecule has 0 saturated carbocycles. The number of H-pyrrole nitrogens is 1. The summed E-state index contributed by atoms with van der Waals surface area (Å²) in [5.41, 5.74) is -0.769.